The fraction of sp³-hybridized carbons (Fsp3) is 0.200. The predicted molar refractivity (Wildman–Crippen MR) is 71.7 cm³/mol. The Kier molecular flexibility index (Phi) is 3.02. The highest BCUT2D eigenvalue weighted by Gasteiger charge is 2.33. The standard InChI is InChI=1S/C15H14N2O3/c16-14(18)13-7-10-3-1-2-4-11(10)8-17(13)15(19)12-5-6-20-9-12/h1-6,9,13H,7-8H2,(H2,16,18)/t13-/m1/s1. The third kappa shape index (κ3) is 2.07. The van der Waals surface area contributed by atoms with Gasteiger partial charge in [0.1, 0.15) is 12.3 Å². The lowest BCUT2D eigenvalue weighted by Crippen LogP contribution is -2.51. The van der Waals surface area contributed by atoms with Crippen LogP contribution in [-0.2, 0) is 17.8 Å². The van der Waals surface area contributed by atoms with Gasteiger partial charge in [0.25, 0.3) is 5.91 Å². The van der Waals surface area contributed by atoms with Crippen molar-refractivity contribution in [3.05, 3.63) is 59.5 Å². The van der Waals surface area contributed by atoms with Gasteiger partial charge < -0.3 is 15.1 Å². The second-order valence-corrected chi connectivity index (χ2v) is 4.84. The Hall–Kier alpha value is -2.56. The Morgan fingerprint density at radius 2 is 1.95 bits per heavy atom. The maximum atomic E-state index is 12.4. The molecule has 1 aromatic carbocycles. The number of primary amides is 1. The van der Waals surface area contributed by atoms with E-state index in [9.17, 15) is 9.59 Å². The van der Waals surface area contributed by atoms with Gasteiger partial charge in [0.2, 0.25) is 5.91 Å². The quantitative estimate of drug-likeness (QED) is 0.894. The summed E-state index contributed by atoms with van der Waals surface area (Å²) in [5.74, 6) is -0.728. The summed E-state index contributed by atoms with van der Waals surface area (Å²) < 4.78 is 4.93. The lowest BCUT2D eigenvalue weighted by Gasteiger charge is -2.34. The molecule has 0 saturated carbocycles. The first kappa shape index (κ1) is 12.5. The number of rotatable bonds is 2. The van der Waals surface area contributed by atoms with Crippen LogP contribution in [-0.4, -0.2) is 22.8 Å². The zero-order valence-electron chi connectivity index (χ0n) is 10.8. The van der Waals surface area contributed by atoms with Crippen LogP contribution in [0.5, 0.6) is 0 Å². The second kappa shape index (κ2) is 4.85. The van der Waals surface area contributed by atoms with E-state index in [0.717, 1.165) is 11.1 Å². The molecule has 3 rings (SSSR count). The van der Waals surface area contributed by atoms with E-state index in [2.05, 4.69) is 0 Å². The maximum absolute atomic E-state index is 12.4. The molecule has 0 radical (unpaired) electrons. The van der Waals surface area contributed by atoms with Gasteiger partial charge in [-0.3, -0.25) is 9.59 Å². The van der Waals surface area contributed by atoms with Crippen molar-refractivity contribution in [3.63, 3.8) is 0 Å². The van der Waals surface area contributed by atoms with Crippen molar-refractivity contribution in [3.8, 4) is 0 Å². The molecule has 1 aliphatic heterocycles. The number of carbonyl (C=O) groups is 2. The highest BCUT2D eigenvalue weighted by Crippen LogP contribution is 2.24. The van der Waals surface area contributed by atoms with Gasteiger partial charge in [-0.05, 0) is 17.2 Å². The van der Waals surface area contributed by atoms with Gasteiger partial charge in [0.05, 0.1) is 11.8 Å². The summed E-state index contributed by atoms with van der Waals surface area (Å²) in [5.41, 5.74) is 7.98. The van der Waals surface area contributed by atoms with Crippen LogP contribution in [0.3, 0.4) is 0 Å². The number of furan rings is 1. The molecule has 0 fully saturated rings. The van der Waals surface area contributed by atoms with E-state index in [1.165, 1.54) is 17.4 Å². The van der Waals surface area contributed by atoms with Crippen LogP contribution in [0.25, 0.3) is 0 Å². The Labute approximate surface area is 116 Å². The number of hydrogen-bond acceptors (Lipinski definition) is 3. The minimum Gasteiger partial charge on any atom is -0.472 e. The lowest BCUT2D eigenvalue weighted by atomic mass is 9.93. The van der Waals surface area contributed by atoms with Crippen molar-refractivity contribution in [1.82, 2.24) is 4.90 Å². The van der Waals surface area contributed by atoms with Gasteiger partial charge >= 0.3 is 0 Å². The molecule has 20 heavy (non-hydrogen) atoms. The topological polar surface area (TPSA) is 76.5 Å². The predicted octanol–water partition coefficient (Wildman–Crippen LogP) is 1.33. The number of carbonyl (C=O) groups excluding carboxylic acids is 2. The molecule has 1 aromatic heterocycles. The van der Waals surface area contributed by atoms with Crippen molar-refractivity contribution in [2.45, 2.75) is 19.0 Å². The van der Waals surface area contributed by atoms with Gasteiger partial charge in [-0.2, -0.15) is 0 Å². The third-order valence-electron chi connectivity index (χ3n) is 3.61. The Balaban J connectivity index is 1.96. The smallest absolute Gasteiger partial charge is 0.258 e. The van der Waals surface area contributed by atoms with Crippen molar-refractivity contribution < 1.29 is 14.0 Å². The van der Waals surface area contributed by atoms with E-state index in [0.29, 0.717) is 18.5 Å². The molecule has 1 atom stereocenters. The van der Waals surface area contributed by atoms with Crippen LogP contribution < -0.4 is 5.73 Å². The summed E-state index contributed by atoms with van der Waals surface area (Å²) in [7, 11) is 0. The largest absolute Gasteiger partial charge is 0.472 e. The van der Waals surface area contributed by atoms with Crippen LogP contribution in [0, 0.1) is 0 Å². The molecule has 5 nitrogen and oxygen atoms in total. The monoisotopic (exact) mass is 270 g/mol. The number of nitrogens with two attached hydrogens (primary N) is 1. The molecule has 0 unspecified atom stereocenters. The van der Waals surface area contributed by atoms with Gasteiger partial charge in [0.15, 0.2) is 0 Å². The molecular weight excluding hydrogens is 256 g/mol. The Morgan fingerprint density at radius 3 is 2.60 bits per heavy atom. The molecule has 2 aromatic rings. The van der Waals surface area contributed by atoms with Crippen molar-refractivity contribution in [2.24, 2.45) is 5.73 Å². The molecule has 0 aliphatic carbocycles. The van der Waals surface area contributed by atoms with Gasteiger partial charge in [-0.15, -0.1) is 0 Å². The molecule has 2 heterocycles. The fourth-order valence-corrected chi connectivity index (χ4v) is 2.54. The summed E-state index contributed by atoms with van der Waals surface area (Å²) in [6.07, 6.45) is 3.26. The van der Waals surface area contributed by atoms with Crippen LogP contribution in [0.4, 0.5) is 0 Å². The van der Waals surface area contributed by atoms with Crippen LogP contribution in [0.1, 0.15) is 21.5 Å². The molecule has 2 amide bonds. The normalized spacial score (nSPS) is 17.6. The van der Waals surface area contributed by atoms with Crippen LogP contribution in [0.15, 0.2) is 47.3 Å². The van der Waals surface area contributed by atoms with Crippen molar-refractivity contribution in [2.75, 3.05) is 0 Å². The summed E-state index contributed by atoms with van der Waals surface area (Å²) in [4.78, 5) is 25.6. The molecular formula is C15H14N2O3. The zero-order chi connectivity index (χ0) is 14.1. The summed E-state index contributed by atoms with van der Waals surface area (Å²) in [6.45, 7) is 0.383. The summed E-state index contributed by atoms with van der Waals surface area (Å²) in [5, 5.41) is 0. The minimum absolute atomic E-state index is 0.239. The molecule has 0 saturated heterocycles. The third-order valence-corrected chi connectivity index (χ3v) is 3.61. The van der Waals surface area contributed by atoms with E-state index >= 15 is 0 Å². The molecule has 102 valence electrons. The average Bonchev–Trinajstić information content (AvgIpc) is 2.99. The minimum atomic E-state index is -0.618. The fourth-order valence-electron chi connectivity index (χ4n) is 2.54. The van der Waals surface area contributed by atoms with Gasteiger partial charge in [-0.25, -0.2) is 0 Å². The van der Waals surface area contributed by atoms with E-state index in [-0.39, 0.29) is 5.91 Å². The first-order chi connectivity index (χ1) is 9.66. The number of fused-ring (bicyclic) bond motifs is 1. The summed E-state index contributed by atoms with van der Waals surface area (Å²) in [6, 6.07) is 8.73. The Bertz CT molecular complexity index is 649. The molecule has 1 aliphatic rings. The van der Waals surface area contributed by atoms with Crippen molar-refractivity contribution >= 4 is 11.8 Å². The van der Waals surface area contributed by atoms with Crippen LogP contribution >= 0.6 is 0 Å². The summed E-state index contributed by atoms with van der Waals surface area (Å²) >= 11 is 0. The SMILES string of the molecule is NC(=O)[C@H]1Cc2ccccc2CN1C(=O)c1ccoc1. The first-order valence-electron chi connectivity index (χ1n) is 6.36. The van der Waals surface area contributed by atoms with Gasteiger partial charge in [0, 0.05) is 13.0 Å². The Morgan fingerprint density at radius 1 is 1.20 bits per heavy atom. The molecule has 0 bridgehead atoms. The number of amides is 2. The number of hydrogen-bond donors (Lipinski definition) is 1. The zero-order valence-corrected chi connectivity index (χ0v) is 10.8. The highest BCUT2D eigenvalue weighted by molar-refractivity contribution is 5.97. The van der Waals surface area contributed by atoms with Crippen molar-refractivity contribution in [1.29, 1.82) is 0 Å². The molecule has 0 spiro atoms. The first-order valence-corrected chi connectivity index (χ1v) is 6.36. The van der Waals surface area contributed by atoms with E-state index < -0.39 is 11.9 Å². The average molecular weight is 270 g/mol. The number of benzene rings is 1. The van der Waals surface area contributed by atoms with E-state index in [1.807, 2.05) is 24.3 Å². The lowest BCUT2D eigenvalue weighted by molar-refractivity contribution is -0.122. The van der Waals surface area contributed by atoms with Gasteiger partial charge in [-0.1, -0.05) is 24.3 Å². The maximum Gasteiger partial charge on any atom is 0.258 e. The number of nitrogens with zero attached hydrogens (tertiary/aromatic N) is 1. The second-order valence-electron chi connectivity index (χ2n) is 4.84. The van der Waals surface area contributed by atoms with E-state index in [1.54, 1.807) is 6.07 Å². The van der Waals surface area contributed by atoms with Crippen LogP contribution in [0.2, 0.25) is 0 Å². The molecule has 2 N–H and O–H groups in total. The van der Waals surface area contributed by atoms with E-state index in [4.69, 9.17) is 10.2 Å². The molecule has 5 heteroatoms. The highest BCUT2D eigenvalue weighted by atomic mass is 16.3.